The number of hydrogen-bond donors (Lipinski definition) is 1. The summed E-state index contributed by atoms with van der Waals surface area (Å²) in [6.07, 6.45) is 1.08. The minimum absolute atomic E-state index is 0.626. The third kappa shape index (κ3) is 3.44. The molecule has 18 heavy (non-hydrogen) atoms. The van der Waals surface area contributed by atoms with Gasteiger partial charge in [0.1, 0.15) is 0 Å². The van der Waals surface area contributed by atoms with E-state index in [4.69, 9.17) is 17.3 Å². The van der Waals surface area contributed by atoms with Crippen LogP contribution in [0, 0.1) is 0 Å². The van der Waals surface area contributed by atoms with E-state index in [9.17, 15) is 0 Å². The van der Waals surface area contributed by atoms with Crippen molar-refractivity contribution in [2.45, 2.75) is 24.0 Å². The minimum Gasteiger partial charge on any atom is -0.398 e. The van der Waals surface area contributed by atoms with E-state index in [-0.39, 0.29) is 0 Å². The Labute approximate surface area is 117 Å². The van der Waals surface area contributed by atoms with Crippen LogP contribution in [0.2, 0.25) is 5.02 Å². The fourth-order valence-corrected chi connectivity index (χ4v) is 2.77. The highest BCUT2D eigenvalue weighted by molar-refractivity contribution is 7.98. The topological polar surface area (TPSA) is 26.0 Å². The van der Waals surface area contributed by atoms with E-state index in [0.717, 1.165) is 17.1 Å². The smallest absolute Gasteiger partial charge is 0.0646 e. The van der Waals surface area contributed by atoms with Crippen LogP contribution < -0.4 is 5.73 Å². The van der Waals surface area contributed by atoms with Crippen LogP contribution >= 0.6 is 23.4 Å². The summed E-state index contributed by atoms with van der Waals surface area (Å²) in [5.41, 5.74) is 9.02. The van der Waals surface area contributed by atoms with Gasteiger partial charge in [-0.2, -0.15) is 0 Å². The molecule has 0 radical (unpaired) electrons. The predicted molar refractivity (Wildman–Crippen MR) is 81.2 cm³/mol. The maximum Gasteiger partial charge on any atom is 0.0646 e. The zero-order valence-electron chi connectivity index (χ0n) is 10.3. The molecule has 0 saturated heterocycles. The van der Waals surface area contributed by atoms with Crippen molar-refractivity contribution >= 4 is 29.1 Å². The molecule has 2 N–H and O–H groups in total. The molecule has 2 aromatic rings. The molecule has 0 saturated carbocycles. The third-order valence-corrected chi connectivity index (χ3v) is 4.20. The van der Waals surface area contributed by atoms with Gasteiger partial charge in [0.2, 0.25) is 0 Å². The first-order valence-electron chi connectivity index (χ1n) is 5.94. The van der Waals surface area contributed by atoms with Crippen molar-refractivity contribution < 1.29 is 0 Å². The van der Waals surface area contributed by atoms with E-state index in [2.05, 4.69) is 31.2 Å². The van der Waals surface area contributed by atoms with Crippen molar-refractivity contribution in [1.82, 2.24) is 0 Å². The number of hydrogen-bond acceptors (Lipinski definition) is 2. The van der Waals surface area contributed by atoms with Gasteiger partial charge in [0.25, 0.3) is 0 Å². The lowest BCUT2D eigenvalue weighted by molar-refractivity contribution is 1.13. The van der Waals surface area contributed by atoms with Gasteiger partial charge in [-0.05, 0) is 35.7 Å². The number of anilines is 1. The number of aryl methyl sites for hydroxylation is 1. The summed E-state index contributed by atoms with van der Waals surface area (Å²) in [5, 5.41) is 0.626. The molecule has 0 aliphatic heterocycles. The Hall–Kier alpha value is -1.12. The van der Waals surface area contributed by atoms with Crippen molar-refractivity contribution in [2.24, 2.45) is 0 Å². The molecule has 0 heterocycles. The Balaban J connectivity index is 1.99. The van der Waals surface area contributed by atoms with Gasteiger partial charge in [-0.3, -0.25) is 0 Å². The van der Waals surface area contributed by atoms with Crippen molar-refractivity contribution in [2.75, 3.05) is 5.73 Å². The second kappa shape index (κ2) is 6.17. The number of nitrogen functional groups attached to an aromatic ring is 1. The quantitative estimate of drug-likeness (QED) is 0.643. The highest BCUT2D eigenvalue weighted by Crippen LogP contribution is 2.28. The molecule has 0 aliphatic rings. The third-order valence-electron chi connectivity index (χ3n) is 2.81. The highest BCUT2D eigenvalue weighted by Gasteiger charge is 2.00. The molecule has 0 spiro atoms. The molecule has 0 bridgehead atoms. The second-order valence-electron chi connectivity index (χ2n) is 4.14. The second-order valence-corrected chi connectivity index (χ2v) is 5.60. The Kier molecular flexibility index (Phi) is 4.56. The monoisotopic (exact) mass is 277 g/mol. The largest absolute Gasteiger partial charge is 0.398 e. The van der Waals surface area contributed by atoms with Crippen LogP contribution in [0.25, 0.3) is 0 Å². The summed E-state index contributed by atoms with van der Waals surface area (Å²) >= 11 is 7.77. The Morgan fingerprint density at radius 1 is 1.06 bits per heavy atom. The molecular formula is C15H16ClNS. The fraction of sp³-hybridized carbons (Fsp3) is 0.200. The number of nitrogens with two attached hydrogens (primary N) is 1. The van der Waals surface area contributed by atoms with Crippen LogP contribution in [-0.2, 0) is 12.2 Å². The zero-order valence-corrected chi connectivity index (χ0v) is 11.9. The molecule has 0 fully saturated rings. The van der Waals surface area contributed by atoms with Gasteiger partial charge < -0.3 is 5.73 Å². The van der Waals surface area contributed by atoms with Gasteiger partial charge in [0.05, 0.1) is 10.7 Å². The van der Waals surface area contributed by atoms with E-state index in [1.54, 1.807) is 11.8 Å². The first kappa shape index (κ1) is 13.3. The van der Waals surface area contributed by atoms with Crippen LogP contribution in [0.3, 0.4) is 0 Å². The zero-order chi connectivity index (χ0) is 13.0. The average Bonchev–Trinajstić information content (AvgIpc) is 2.41. The molecule has 0 aromatic heterocycles. The standard InChI is InChI=1S/C15H16ClNS/c1-2-11-3-5-12(6-4-11)10-18-13-7-8-15(17)14(16)9-13/h3-9H,2,10,17H2,1H3. The van der Waals surface area contributed by atoms with Crippen molar-refractivity contribution in [3.05, 3.63) is 58.6 Å². The maximum absolute atomic E-state index is 6.00. The van der Waals surface area contributed by atoms with Crippen LogP contribution in [0.15, 0.2) is 47.4 Å². The average molecular weight is 278 g/mol. The molecule has 2 rings (SSSR count). The molecule has 2 aromatic carbocycles. The van der Waals surface area contributed by atoms with Crippen LogP contribution in [0.4, 0.5) is 5.69 Å². The number of thioether (sulfide) groups is 1. The number of rotatable bonds is 4. The normalized spacial score (nSPS) is 10.6. The van der Waals surface area contributed by atoms with Gasteiger partial charge in [-0.25, -0.2) is 0 Å². The Morgan fingerprint density at radius 3 is 2.33 bits per heavy atom. The summed E-state index contributed by atoms with van der Waals surface area (Å²) in [7, 11) is 0. The first-order valence-corrected chi connectivity index (χ1v) is 7.31. The molecule has 1 nitrogen and oxygen atoms in total. The molecular weight excluding hydrogens is 262 g/mol. The Bertz CT molecular complexity index is 523. The lowest BCUT2D eigenvalue weighted by atomic mass is 10.1. The number of halogens is 1. The molecule has 0 aliphatic carbocycles. The summed E-state index contributed by atoms with van der Waals surface area (Å²) in [4.78, 5) is 1.15. The van der Waals surface area contributed by atoms with Crippen molar-refractivity contribution in [1.29, 1.82) is 0 Å². The number of benzene rings is 2. The van der Waals surface area contributed by atoms with E-state index >= 15 is 0 Å². The molecule has 94 valence electrons. The summed E-state index contributed by atoms with van der Waals surface area (Å²) in [5.74, 6) is 0.949. The maximum atomic E-state index is 6.00. The molecule has 0 atom stereocenters. The molecule has 0 amide bonds. The molecule has 3 heteroatoms. The predicted octanol–water partition coefficient (Wildman–Crippen LogP) is 4.78. The Morgan fingerprint density at radius 2 is 1.72 bits per heavy atom. The van der Waals surface area contributed by atoms with E-state index in [1.165, 1.54) is 11.1 Å². The van der Waals surface area contributed by atoms with Crippen molar-refractivity contribution in [3.8, 4) is 0 Å². The SMILES string of the molecule is CCc1ccc(CSc2ccc(N)c(Cl)c2)cc1. The van der Waals surface area contributed by atoms with Gasteiger partial charge in [0, 0.05) is 10.6 Å². The van der Waals surface area contributed by atoms with E-state index in [1.807, 2.05) is 18.2 Å². The lowest BCUT2D eigenvalue weighted by Crippen LogP contribution is -1.86. The van der Waals surface area contributed by atoms with Crippen LogP contribution in [0.5, 0.6) is 0 Å². The van der Waals surface area contributed by atoms with Gasteiger partial charge in [-0.15, -0.1) is 11.8 Å². The van der Waals surface area contributed by atoms with E-state index < -0.39 is 0 Å². The van der Waals surface area contributed by atoms with Gasteiger partial charge in [-0.1, -0.05) is 42.8 Å². The summed E-state index contributed by atoms with van der Waals surface area (Å²) in [6.45, 7) is 2.17. The first-order chi connectivity index (χ1) is 8.69. The van der Waals surface area contributed by atoms with Gasteiger partial charge >= 0.3 is 0 Å². The van der Waals surface area contributed by atoms with Gasteiger partial charge in [0.15, 0.2) is 0 Å². The summed E-state index contributed by atoms with van der Waals surface area (Å²) < 4.78 is 0. The van der Waals surface area contributed by atoms with Crippen LogP contribution in [-0.4, -0.2) is 0 Å². The highest BCUT2D eigenvalue weighted by atomic mass is 35.5. The summed E-state index contributed by atoms with van der Waals surface area (Å²) in [6, 6.07) is 14.5. The lowest BCUT2D eigenvalue weighted by Gasteiger charge is -2.05. The van der Waals surface area contributed by atoms with Crippen molar-refractivity contribution in [3.63, 3.8) is 0 Å². The van der Waals surface area contributed by atoms with Crippen LogP contribution in [0.1, 0.15) is 18.1 Å². The fourth-order valence-electron chi connectivity index (χ4n) is 1.64. The molecule has 0 unspecified atom stereocenters. The van der Waals surface area contributed by atoms with E-state index in [0.29, 0.717) is 10.7 Å². The minimum atomic E-state index is 0.626.